The van der Waals surface area contributed by atoms with Crippen LogP contribution in [0.4, 0.5) is 0 Å². The summed E-state index contributed by atoms with van der Waals surface area (Å²) in [6, 6.07) is 8.36. The third-order valence-corrected chi connectivity index (χ3v) is 4.17. The number of morpholine rings is 1. The van der Waals surface area contributed by atoms with Crippen molar-refractivity contribution in [3.63, 3.8) is 0 Å². The molecular formula is C20H34N2O2. The average Bonchev–Trinajstić information content (AvgIpc) is 2.49. The monoisotopic (exact) mass is 334 g/mol. The van der Waals surface area contributed by atoms with Gasteiger partial charge in [0.25, 0.3) is 0 Å². The molecular weight excluding hydrogens is 300 g/mol. The minimum Gasteiger partial charge on any atom is -0.491 e. The molecule has 4 nitrogen and oxygen atoms in total. The maximum Gasteiger partial charge on any atom is 0.120 e. The minimum absolute atomic E-state index is 0.221. The van der Waals surface area contributed by atoms with E-state index in [9.17, 15) is 0 Å². The van der Waals surface area contributed by atoms with Gasteiger partial charge in [-0.25, -0.2) is 0 Å². The lowest BCUT2D eigenvalue weighted by Gasteiger charge is -2.35. The van der Waals surface area contributed by atoms with E-state index in [0.717, 1.165) is 31.9 Å². The molecule has 0 spiro atoms. The van der Waals surface area contributed by atoms with Crippen LogP contribution in [0.3, 0.4) is 0 Å². The van der Waals surface area contributed by atoms with Gasteiger partial charge in [-0.3, -0.25) is 4.90 Å². The predicted octanol–water partition coefficient (Wildman–Crippen LogP) is 3.45. The Kier molecular flexibility index (Phi) is 8.03. The summed E-state index contributed by atoms with van der Waals surface area (Å²) >= 11 is 0. The molecule has 2 atom stereocenters. The van der Waals surface area contributed by atoms with Crippen molar-refractivity contribution >= 4 is 0 Å². The lowest BCUT2D eigenvalue weighted by molar-refractivity contribution is -0.0681. The van der Waals surface area contributed by atoms with E-state index in [1.807, 2.05) is 6.07 Å². The van der Waals surface area contributed by atoms with Crippen LogP contribution in [0.15, 0.2) is 24.3 Å². The Hall–Kier alpha value is -1.10. The van der Waals surface area contributed by atoms with Crippen LogP contribution < -0.4 is 10.1 Å². The number of unbranched alkanes of at least 4 members (excludes halogenated alkanes) is 1. The first-order valence-electron chi connectivity index (χ1n) is 9.37. The Labute approximate surface area is 147 Å². The fraction of sp³-hybridized carbons (Fsp3) is 0.700. The van der Waals surface area contributed by atoms with Gasteiger partial charge in [-0.15, -0.1) is 0 Å². The Morgan fingerprint density at radius 2 is 1.96 bits per heavy atom. The molecule has 0 radical (unpaired) electrons. The van der Waals surface area contributed by atoms with Gasteiger partial charge >= 0.3 is 0 Å². The van der Waals surface area contributed by atoms with Crippen molar-refractivity contribution in [2.75, 3.05) is 26.2 Å². The molecule has 0 aliphatic carbocycles. The van der Waals surface area contributed by atoms with Gasteiger partial charge in [-0.05, 0) is 71.3 Å². The Morgan fingerprint density at radius 1 is 1.21 bits per heavy atom. The molecule has 0 bridgehead atoms. The molecule has 1 aliphatic rings. The van der Waals surface area contributed by atoms with Gasteiger partial charge < -0.3 is 14.8 Å². The van der Waals surface area contributed by atoms with Crippen LogP contribution >= 0.6 is 0 Å². The van der Waals surface area contributed by atoms with Crippen molar-refractivity contribution in [3.05, 3.63) is 29.8 Å². The van der Waals surface area contributed by atoms with Crippen LogP contribution in [-0.4, -0.2) is 49.4 Å². The summed E-state index contributed by atoms with van der Waals surface area (Å²) in [5, 5.41) is 3.54. The van der Waals surface area contributed by atoms with Gasteiger partial charge in [0.15, 0.2) is 0 Å². The zero-order chi connectivity index (χ0) is 17.4. The summed E-state index contributed by atoms with van der Waals surface area (Å²) in [5.74, 6) is 0.958. The molecule has 1 aliphatic heterocycles. The van der Waals surface area contributed by atoms with Crippen molar-refractivity contribution in [1.29, 1.82) is 0 Å². The summed E-state index contributed by atoms with van der Waals surface area (Å²) in [4.78, 5) is 2.53. The standard InChI is InChI=1S/C20H34N2O2/c1-16(2)23-20-9-7-8-19(12-20)13-21-10-5-6-11-22-14-17(3)24-18(4)15-22/h7-9,12,16-18,21H,5-6,10-11,13-15H2,1-4H3. The molecule has 1 N–H and O–H groups in total. The van der Waals surface area contributed by atoms with Crippen LogP contribution in [-0.2, 0) is 11.3 Å². The summed E-state index contributed by atoms with van der Waals surface area (Å²) in [7, 11) is 0. The van der Waals surface area contributed by atoms with Crippen LogP contribution in [0.25, 0.3) is 0 Å². The zero-order valence-corrected chi connectivity index (χ0v) is 15.8. The number of benzene rings is 1. The Balaban J connectivity index is 1.58. The fourth-order valence-electron chi connectivity index (χ4n) is 3.29. The number of ether oxygens (including phenoxy) is 2. The van der Waals surface area contributed by atoms with Crippen molar-refractivity contribution in [2.24, 2.45) is 0 Å². The average molecular weight is 335 g/mol. The van der Waals surface area contributed by atoms with Crippen LogP contribution in [0.2, 0.25) is 0 Å². The first-order valence-corrected chi connectivity index (χ1v) is 9.37. The van der Waals surface area contributed by atoms with Crippen LogP contribution in [0, 0.1) is 0 Å². The smallest absolute Gasteiger partial charge is 0.120 e. The van der Waals surface area contributed by atoms with E-state index in [4.69, 9.17) is 9.47 Å². The van der Waals surface area contributed by atoms with Crippen LogP contribution in [0.5, 0.6) is 5.75 Å². The fourth-order valence-corrected chi connectivity index (χ4v) is 3.29. The van der Waals surface area contributed by atoms with E-state index in [1.165, 1.54) is 24.9 Å². The molecule has 1 aromatic carbocycles. The van der Waals surface area contributed by atoms with Crippen molar-refractivity contribution < 1.29 is 9.47 Å². The van der Waals surface area contributed by atoms with Crippen molar-refractivity contribution in [3.8, 4) is 5.75 Å². The molecule has 1 fully saturated rings. The van der Waals surface area contributed by atoms with Gasteiger partial charge in [0.05, 0.1) is 18.3 Å². The maximum atomic E-state index is 5.78. The number of hydrogen-bond donors (Lipinski definition) is 1. The van der Waals surface area contributed by atoms with Gasteiger partial charge in [0, 0.05) is 19.6 Å². The molecule has 2 unspecified atom stereocenters. The lowest BCUT2D eigenvalue weighted by atomic mass is 10.2. The second kappa shape index (κ2) is 10.0. The van der Waals surface area contributed by atoms with Gasteiger partial charge in [-0.2, -0.15) is 0 Å². The Bertz CT molecular complexity index is 468. The van der Waals surface area contributed by atoms with E-state index >= 15 is 0 Å². The number of hydrogen-bond acceptors (Lipinski definition) is 4. The molecule has 0 amide bonds. The maximum absolute atomic E-state index is 5.78. The molecule has 1 aromatic rings. The molecule has 4 heteroatoms. The van der Waals surface area contributed by atoms with E-state index in [-0.39, 0.29) is 6.10 Å². The lowest BCUT2D eigenvalue weighted by Crippen LogP contribution is -2.45. The number of rotatable bonds is 9. The molecule has 136 valence electrons. The normalized spacial score (nSPS) is 22.0. The zero-order valence-electron chi connectivity index (χ0n) is 15.8. The highest BCUT2D eigenvalue weighted by molar-refractivity contribution is 5.28. The highest BCUT2D eigenvalue weighted by Gasteiger charge is 2.21. The van der Waals surface area contributed by atoms with E-state index in [1.54, 1.807) is 0 Å². The molecule has 2 rings (SSSR count). The van der Waals surface area contributed by atoms with Crippen LogP contribution in [0.1, 0.15) is 46.1 Å². The highest BCUT2D eigenvalue weighted by atomic mass is 16.5. The SMILES string of the molecule is CC(C)Oc1cccc(CNCCCCN2CC(C)OC(C)C2)c1. The largest absolute Gasteiger partial charge is 0.491 e. The molecule has 0 aromatic heterocycles. The third kappa shape index (κ3) is 7.20. The van der Waals surface area contributed by atoms with Crippen molar-refractivity contribution in [2.45, 2.75) is 65.4 Å². The molecule has 0 saturated carbocycles. The van der Waals surface area contributed by atoms with Gasteiger partial charge in [0.1, 0.15) is 5.75 Å². The van der Waals surface area contributed by atoms with Crippen molar-refractivity contribution in [1.82, 2.24) is 10.2 Å². The topological polar surface area (TPSA) is 33.7 Å². The summed E-state index contributed by atoms with van der Waals surface area (Å²) in [6.45, 7) is 13.7. The first-order chi connectivity index (χ1) is 11.5. The highest BCUT2D eigenvalue weighted by Crippen LogP contribution is 2.15. The van der Waals surface area contributed by atoms with E-state index < -0.39 is 0 Å². The third-order valence-electron chi connectivity index (χ3n) is 4.17. The summed E-state index contributed by atoms with van der Waals surface area (Å²) < 4.78 is 11.5. The van der Waals surface area contributed by atoms with Gasteiger partial charge in [0.2, 0.25) is 0 Å². The first kappa shape index (κ1) is 19.2. The second-order valence-corrected chi connectivity index (χ2v) is 7.21. The quantitative estimate of drug-likeness (QED) is 0.701. The molecule has 1 saturated heterocycles. The number of nitrogens with zero attached hydrogens (tertiary/aromatic N) is 1. The van der Waals surface area contributed by atoms with E-state index in [0.29, 0.717) is 12.2 Å². The Morgan fingerprint density at radius 3 is 2.67 bits per heavy atom. The molecule has 1 heterocycles. The minimum atomic E-state index is 0.221. The van der Waals surface area contributed by atoms with E-state index in [2.05, 4.69) is 56.1 Å². The molecule has 24 heavy (non-hydrogen) atoms. The second-order valence-electron chi connectivity index (χ2n) is 7.21. The number of nitrogens with one attached hydrogen (secondary N) is 1. The summed E-state index contributed by atoms with van der Waals surface area (Å²) in [5.41, 5.74) is 1.28. The summed E-state index contributed by atoms with van der Waals surface area (Å²) in [6.07, 6.45) is 3.41. The van der Waals surface area contributed by atoms with Gasteiger partial charge in [-0.1, -0.05) is 12.1 Å². The predicted molar refractivity (Wildman–Crippen MR) is 99.6 cm³/mol.